The molecule has 2 N–H and O–H groups in total. The third-order valence-corrected chi connectivity index (χ3v) is 14.9. The second-order valence-electron chi connectivity index (χ2n) is 17.7. The molecule has 3 amide bonds. The summed E-state index contributed by atoms with van der Waals surface area (Å²) in [7, 11) is -2.78. The first-order valence-corrected chi connectivity index (χ1v) is 21.6. The van der Waals surface area contributed by atoms with Crippen LogP contribution in [0.25, 0.3) is 10.9 Å². The van der Waals surface area contributed by atoms with Crippen LogP contribution in [0.1, 0.15) is 103 Å². The number of rotatable bonds is 7. The number of hydrogen-bond acceptors (Lipinski definition) is 10. The third kappa shape index (κ3) is 7.90. The number of fused-ring (bicyclic) bond motifs is 5. The van der Waals surface area contributed by atoms with Crippen molar-refractivity contribution < 1.29 is 63.8 Å². The van der Waals surface area contributed by atoms with Gasteiger partial charge in [-0.05, 0) is 84.4 Å². The number of alkyl halides is 5. The maximum Gasteiger partial charge on any atom is 0.427 e. The highest BCUT2D eigenvalue weighted by Crippen LogP contribution is 2.55. The number of ether oxygens (including phenoxy) is 3. The smallest absolute Gasteiger partial charge is 0.427 e. The molecule has 19 heteroatoms. The number of nitrogens with zero attached hydrogens (tertiary/aromatic N) is 2. The van der Waals surface area contributed by atoms with E-state index >= 15 is 8.78 Å². The Hall–Kier alpha value is -4.55. The SMILES string of the molecule is COc1ccc2nc(C)c3c(c2c1)C(F)(F)C[C@]1(C[C@H]2C(=O)N[C@]4(C(=O)NS(=O)(=O)C5(C)CC5)C[C@H]4/C=C\CCCCC[C@H](CC(=O)OC(C)(C)C(F)(F)F)C(=O)N2C1)O3. The zero-order chi connectivity index (χ0) is 43.8. The number of nitrogens with one attached hydrogen (secondary N) is 2. The van der Waals surface area contributed by atoms with Crippen molar-refractivity contribution in [3.63, 3.8) is 0 Å². The van der Waals surface area contributed by atoms with Gasteiger partial charge in [-0.15, -0.1) is 0 Å². The molecule has 2 saturated carbocycles. The van der Waals surface area contributed by atoms with Gasteiger partial charge in [0.05, 0.1) is 48.0 Å². The first-order valence-electron chi connectivity index (χ1n) is 20.1. The lowest BCUT2D eigenvalue weighted by molar-refractivity contribution is -0.257. The van der Waals surface area contributed by atoms with E-state index in [1.165, 1.54) is 33.1 Å². The summed E-state index contributed by atoms with van der Waals surface area (Å²) in [6, 6.07) is 2.90. The number of carbonyl (C=O) groups is 4. The van der Waals surface area contributed by atoms with E-state index in [0.717, 1.165) is 4.90 Å². The Kier molecular flexibility index (Phi) is 10.8. The second kappa shape index (κ2) is 14.8. The minimum absolute atomic E-state index is 0.00587. The fourth-order valence-corrected chi connectivity index (χ4v) is 9.92. The number of allylic oxidation sites excluding steroid dienone is 1. The average molecular weight is 869 g/mol. The Morgan fingerprint density at radius 1 is 1.10 bits per heavy atom. The van der Waals surface area contributed by atoms with Gasteiger partial charge in [0.15, 0.2) is 5.75 Å². The molecule has 1 spiro atoms. The Bertz CT molecular complexity index is 2260. The molecule has 1 saturated heterocycles. The van der Waals surface area contributed by atoms with Gasteiger partial charge in [0, 0.05) is 23.6 Å². The molecule has 5 atom stereocenters. The molecule has 4 heterocycles. The Morgan fingerprint density at radius 3 is 2.48 bits per heavy atom. The summed E-state index contributed by atoms with van der Waals surface area (Å²) in [5.41, 5.74) is -6.72. The van der Waals surface area contributed by atoms with Gasteiger partial charge in [0.25, 0.3) is 11.8 Å². The van der Waals surface area contributed by atoms with Crippen molar-refractivity contribution in [2.75, 3.05) is 13.7 Å². The summed E-state index contributed by atoms with van der Waals surface area (Å²) in [5.74, 6) is -9.75. The summed E-state index contributed by atoms with van der Waals surface area (Å²) < 4.78 is 119. The van der Waals surface area contributed by atoms with Crippen molar-refractivity contribution >= 4 is 44.6 Å². The lowest BCUT2D eigenvalue weighted by atomic mass is 9.84. The molecule has 3 fully saturated rings. The van der Waals surface area contributed by atoms with E-state index in [2.05, 4.69) is 15.0 Å². The van der Waals surface area contributed by atoms with E-state index in [-0.39, 0.29) is 40.9 Å². The van der Waals surface area contributed by atoms with Gasteiger partial charge in [-0.1, -0.05) is 25.0 Å². The minimum Gasteiger partial charge on any atom is -0.497 e. The zero-order valence-corrected chi connectivity index (χ0v) is 34.8. The largest absolute Gasteiger partial charge is 0.497 e. The van der Waals surface area contributed by atoms with Crippen molar-refractivity contribution in [1.82, 2.24) is 19.9 Å². The van der Waals surface area contributed by atoms with Gasteiger partial charge in [0.1, 0.15) is 22.9 Å². The quantitative estimate of drug-likeness (QED) is 0.190. The van der Waals surface area contributed by atoms with E-state index in [9.17, 15) is 40.8 Å². The molecule has 1 aromatic carbocycles. The van der Waals surface area contributed by atoms with Crippen LogP contribution in [-0.2, 0) is 39.9 Å². The van der Waals surface area contributed by atoms with Crippen LogP contribution in [-0.4, -0.2) is 89.4 Å². The number of hydrogen-bond donors (Lipinski definition) is 2. The highest BCUT2D eigenvalue weighted by Gasteiger charge is 2.65. The van der Waals surface area contributed by atoms with Crippen LogP contribution >= 0.6 is 0 Å². The normalized spacial score (nSPS) is 29.4. The molecule has 0 bridgehead atoms. The van der Waals surface area contributed by atoms with Gasteiger partial charge in [-0.3, -0.25) is 23.9 Å². The highest BCUT2D eigenvalue weighted by atomic mass is 32.2. The molecule has 7 rings (SSSR count). The van der Waals surface area contributed by atoms with Crippen molar-refractivity contribution in [1.29, 1.82) is 0 Å². The van der Waals surface area contributed by atoms with Crippen LogP contribution in [0.2, 0.25) is 0 Å². The molecule has 3 aliphatic heterocycles. The molecule has 60 heavy (non-hydrogen) atoms. The number of pyridine rings is 1. The molecule has 5 aliphatic rings. The lowest BCUT2D eigenvalue weighted by Gasteiger charge is -2.40. The molecule has 2 aromatic rings. The zero-order valence-electron chi connectivity index (χ0n) is 34.0. The fourth-order valence-electron chi connectivity index (χ4n) is 8.61. The highest BCUT2D eigenvalue weighted by molar-refractivity contribution is 7.91. The van der Waals surface area contributed by atoms with Crippen molar-refractivity contribution in [2.45, 2.75) is 138 Å². The number of esters is 1. The maximum atomic E-state index is 16.8. The van der Waals surface area contributed by atoms with Gasteiger partial charge in [-0.25, -0.2) is 22.2 Å². The number of sulfonamides is 1. The van der Waals surface area contributed by atoms with Gasteiger partial charge in [-0.2, -0.15) is 13.2 Å². The molecular formula is C41H49F5N4O9S. The number of benzene rings is 1. The predicted octanol–water partition coefficient (Wildman–Crippen LogP) is 6.05. The first-order chi connectivity index (χ1) is 27.9. The molecule has 0 unspecified atom stereocenters. The number of amides is 3. The molecule has 1 aromatic heterocycles. The molecule has 0 radical (unpaired) electrons. The number of aryl methyl sites for hydroxylation is 1. The van der Waals surface area contributed by atoms with E-state index in [4.69, 9.17) is 14.2 Å². The number of aromatic nitrogens is 1. The number of halogens is 5. The summed E-state index contributed by atoms with van der Waals surface area (Å²) in [5, 5.41) is 2.75. The average Bonchev–Trinajstić information content (AvgIpc) is 4.04. The van der Waals surface area contributed by atoms with E-state index in [0.29, 0.717) is 52.4 Å². The molecule has 13 nitrogen and oxygen atoms in total. The monoisotopic (exact) mass is 868 g/mol. The Morgan fingerprint density at radius 2 is 1.82 bits per heavy atom. The Balaban J connectivity index is 1.27. The van der Waals surface area contributed by atoms with Gasteiger partial charge in [0.2, 0.25) is 27.4 Å². The van der Waals surface area contributed by atoms with Crippen LogP contribution in [0.15, 0.2) is 30.4 Å². The van der Waals surface area contributed by atoms with Crippen LogP contribution in [0.3, 0.4) is 0 Å². The second-order valence-corrected chi connectivity index (χ2v) is 19.9. The topological polar surface area (TPSA) is 170 Å². The summed E-state index contributed by atoms with van der Waals surface area (Å²) >= 11 is 0. The van der Waals surface area contributed by atoms with E-state index in [1.807, 2.05) is 0 Å². The Labute approximate surface area is 344 Å². The van der Waals surface area contributed by atoms with Crippen molar-refractivity contribution in [3.05, 3.63) is 41.6 Å². The number of carbonyl (C=O) groups excluding carboxylic acids is 4. The fraction of sp³-hybridized carbons (Fsp3) is 0.634. The van der Waals surface area contributed by atoms with Crippen LogP contribution < -0.4 is 19.5 Å². The molecule has 328 valence electrons. The van der Waals surface area contributed by atoms with Crippen molar-refractivity contribution in [2.24, 2.45) is 11.8 Å². The van der Waals surface area contributed by atoms with Crippen LogP contribution in [0.4, 0.5) is 22.0 Å². The summed E-state index contributed by atoms with van der Waals surface area (Å²) in [4.78, 5) is 61.9. The molecule has 2 aliphatic carbocycles. The lowest BCUT2D eigenvalue weighted by Crippen LogP contribution is -2.57. The van der Waals surface area contributed by atoms with E-state index < -0.39 is 117 Å². The first kappa shape index (κ1) is 43.5. The maximum absolute atomic E-state index is 16.8. The summed E-state index contributed by atoms with van der Waals surface area (Å²) in [6.45, 7) is 3.70. The van der Waals surface area contributed by atoms with Gasteiger partial charge >= 0.3 is 12.1 Å². The predicted molar refractivity (Wildman–Crippen MR) is 205 cm³/mol. The summed E-state index contributed by atoms with van der Waals surface area (Å²) in [6.07, 6.45) is -1.18. The standard InChI is InChI=1S/C41H49F5N4O9S/c1-23-32-31(27-18-26(57-5)13-14-28(27)47-23)40(42,43)21-38(59-32)20-29-33(52)48-39(35(54)49-60(55,56)37(4)15-16-37)19-25(39)12-10-8-6-7-9-11-24(34(53)50(29)22-38)17-30(51)58-36(2,3)41(44,45)46/h10,12-14,18,24-25,29H,6-9,11,15-17,19-22H2,1-5H3,(H,48,52)(H,49,54)/b12-10-/t24-,25-,29+,38+,39-/m1/s1. The minimum atomic E-state index is -4.94. The van der Waals surface area contributed by atoms with E-state index in [1.54, 1.807) is 18.2 Å². The van der Waals surface area contributed by atoms with Crippen LogP contribution in [0.5, 0.6) is 11.5 Å². The number of methoxy groups -OCH3 is 1. The molecular weight excluding hydrogens is 820 g/mol. The van der Waals surface area contributed by atoms with Crippen molar-refractivity contribution in [3.8, 4) is 11.5 Å². The van der Waals surface area contributed by atoms with Crippen LogP contribution in [0, 0.1) is 18.8 Å². The van der Waals surface area contributed by atoms with Gasteiger partial charge < -0.3 is 24.4 Å². The third-order valence-electron chi connectivity index (χ3n) is 12.7.